The van der Waals surface area contributed by atoms with Gasteiger partial charge in [-0.15, -0.1) is 0 Å². The minimum absolute atomic E-state index is 0.0441. The lowest BCUT2D eigenvalue weighted by Gasteiger charge is -2.26. The van der Waals surface area contributed by atoms with E-state index in [9.17, 15) is 4.79 Å². The van der Waals surface area contributed by atoms with Gasteiger partial charge in [-0.1, -0.05) is 6.07 Å². The van der Waals surface area contributed by atoms with Crippen molar-refractivity contribution in [3.05, 3.63) is 53.3 Å². The van der Waals surface area contributed by atoms with Crippen LogP contribution < -0.4 is 5.32 Å². The van der Waals surface area contributed by atoms with Gasteiger partial charge >= 0.3 is 0 Å². The molecule has 1 N–H and O–H groups in total. The standard InChI is InChI=1S/C19H23N3O/c1-14-10-15(2)12-17(11-14)21-16-6-7-18(20-13-16)19(23)22-8-4-3-5-9-22/h6-7,10-13,21H,3-5,8-9H2,1-2H3. The van der Waals surface area contributed by atoms with Crippen LogP contribution in [0.1, 0.15) is 40.9 Å². The van der Waals surface area contributed by atoms with Gasteiger partial charge in [-0.2, -0.15) is 0 Å². The van der Waals surface area contributed by atoms with Crippen LogP contribution in [-0.4, -0.2) is 28.9 Å². The van der Waals surface area contributed by atoms with Crippen molar-refractivity contribution in [3.8, 4) is 0 Å². The van der Waals surface area contributed by atoms with Crippen LogP contribution in [0, 0.1) is 13.8 Å². The number of likely N-dealkylation sites (tertiary alicyclic amines) is 1. The molecule has 1 aliphatic heterocycles. The second-order valence-electron chi connectivity index (χ2n) is 6.29. The Bertz CT molecular complexity index is 668. The van der Waals surface area contributed by atoms with Crippen molar-refractivity contribution in [1.29, 1.82) is 0 Å². The van der Waals surface area contributed by atoms with E-state index >= 15 is 0 Å². The van der Waals surface area contributed by atoms with Gasteiger partial charge in [0, 0.05) is 18.8 Å². The minimum atomic E-state index is 0.0441. The van der Waals surface area contributed by atoms with Gasteiger partial charge in [-0.05, 0) is 68.5 Å². The number of hydrogen-bond donors (Lipinski definition) is 1. The molecule has 0 unspecified atom stereocenters. The molecule has 1 aromatic carbocycles. The maximum Gasteiger partial charge on any atom is 0.272 e. The van der Waals surface area contributed by atoms with Gasteiger partial charge in [0.15, 0.2) is 0 Å². The Hall–Kier alpha value is -2.36. The number of hydrogen-bond acceptors (Lipinski definition) is 3. The lowest BCUT2D eigenvalue weighted by Crippen LogP contribution is -2.36. The number of nitrogens with zero attached hydrogens (tertiary/aromatic N) is 2. The third kappa shape index (κ3) is 3.89. The van der Waals surface area contributed by atoms with E-state index in [0.717, 1.165) is 37.3 Å². The first-order valence-electron chi connectivity index (χ1n) is 8.22. The quantitative estimate of drug-likeness (QED) is 0.929. The van der Waals surface area contributed by atoms with Crippen LogP contribution >= 0.6 is 0 Å². The van der Waals surface area contributed by atoms with Crippen LogP contribution in [0.2, 0.25) is 0 Å². The molecule has 0 saturated carbocycles. The van der Waals surface area contributed by atoms with Crippen LogP contribution in [-0.2, 0) is 0 Å². The lowest BCUT2D eigenvalue weighted by atomic mass is 10.1. The zero-order valence-corrected chi connectivity index (χ0v) is 13.8. The molecule has 0 bridgehead atoms. The van der Waals surface area contributed by atoms with Crippen molar-refractivity contribution < 1.29 is 4.79 Å². The molecule has 0 aliphatic carbocycles. The van der Waals surface area contributed by atoms with Crippen LogP contribution in [0.3, 0.4) is 0 Å². The van der Waals surface area contributed by atoms with Crippen molar-refractivity contribution >= 4 is 17.3 Å². The van der Waals surface area contributed by atoms with Crippen LogP contribution in [0.4, 0.5) is 11.4 Å². The highest BCUT2D eigenvalue weighted by atomic mass is 16.2. The summed E-state index contributed by atoms with van der Waals surface area (Å²) in [5.41, 5.74) is 4.90. The van der Waals surface area contributed by atoms with Crippen molar-refractivity contribution in [2.75, 3.05) is 18.4 Å². The molecule has 2 heterocycles. The molecule has 1 saturated heterocycles. The summed E-state index contributed by atoms with van der Waals surface area (Å²) in [5, 5.41) is 3.34. The number of benzene rings is 1. The second kappa shape index (κ2) is 6.82. The zero-order chi connectivity index (χ0) is 16.2. The number of nitrogens with one attached hydrogen (secondary N) is 1. The summed E-state index contributed by atoms with van der Waals surface area (Å²) in [7, 11) is 0. The van der Waals surface area contributed by atoms with Gasteiger partial charge in [-0.25, -0.2) is 4.98 Å². The van der Waals surface area contributed by atoms with Crippen LogP contribution in [0.25, 0.3) is 0 Å². The number of carbonyl (C=O) groups is 1. The smallest absolute Gasteiger partial charge is 0.272 e. The third-order valence-corrected chi connectivity index (χ3v) is 4.14. The summed E-state index contributed by atoms with van der Waals surface area (Å²) in [6, 6.07) is 10.1. The van der Waals surface area contributed by atoms with E-state index in [1.165, 1.54) is 17.5 Å². The van der Waals surface area contributed by atoms with E-state index in [1.807, 2.05) is 17.0 Å². The van der Waals surface area contributed by atoms with Gasteiger partial charge in [-0.3, -0.25) is 4.79 Å². The summed E-state index contributed by atoms with van der Waals surface area (Å²) in [6.07, 6.45) is 5.14. The summed E-state index contributed by atoms with van der Waals surface area (Å²) in [6.45, 7) is 5.86. The topological polar surface area (TPSA) is 45.2 Å². The largest absolute Gasteiger partial charge is 0.354 e. The van der Waals surface area contributed by atoms with E-state index in [2.05, 4.69) is 42.3 Å². The Labute approximate surface area is 137 Å². The van der Waals surface area contributed by atoms with Crippen molar-refractivity contribution in [2.24, 2.45) is 0 Å². The highest BCUT2D eigenvalue weighted by Crippen LogP contribution is 2.20. The summed E-state index contributed by atoms with van der Waals surface area (Å²) in [5.74, 6) is 0.0441. The first kappa shape index (κ1) is 15.5. The number of anilines is 2. The van der Waals surface area contributed by atoms with E-state index in [4.69, 9.17) is 0 Å². The summed E-state index contributed by atoms with van der Waals surface area (Å²) >= 11 is 0. The van der Waals surface area contributed by atoms with E-state index in [1.54, 1.807) is 6.20 Å². The van der Waals surface area contributed by atoms with Gasteiger partial charge in [0.25, 0.3) is 5.91 Å². The normalized spacial score (nSPS) is 14.6. The Morgan fingerprint density at radius 2 is 1.70 bits per heavy atom. The molecule has 0 spiro atoms. The van der Waals surface area contributed by atoms with Gasteiger partial charge in [0.1, 0.15) is 5.69 Å². The summed E-state index contributed by atoms with van der Waals surface area (Å²) in [4.78, 5) is 18.6. The van der Waals surface area contributed by atoms with Crippen molar-refractivity contribution in [2.45, 2.75) is 33.1 Å². The number of aryl methyl sites for hydroxylation is 2. The summed E-state index contributed by atoms with van der Waals surface area (Å²) < 4.78 is 0. The third-order valence-electron chi connectivity index (χ3n) is 4.14. The molecule has 1 amide bonds. The number of amides is 1. The lowest BCUT2D eigenvalue weighted by molar-refractivity contribution is 0.0718. The molecule has 4 nitrogen and oxygen atoms in total. The Balaban J connectivity index is 1.70. The fourth-order valence-electron chi connectivity index (χ4n) is 3.07. The molecule has 4 heteroatoms. The molecule has 1 fully saturated rings. The molecule has 0 radical (unpaired) electrons. The average molecular weight is 309 g/mol. The monoisotopic (exact) mass is 309 g/mol. The predicted molar refractivity (Wildman–Crippen MR) is 93.2 cm³/mol. The number of aromatic nitrogens is 1. The molecule has 120 valence electrons. The van der Waals surface area contributed by atoms with E-state index in [0.29, 0.717) is 5.69 Å². The average Bonchev–Trinajstić information content (AvgIpc) is 2.55. The fourth-order valence-corrected chi connectivity index (χ4v) is 3.07. The number of piperidine rings is 1. The van der Waals surface area contributed by atoms with Gasteiger partial charge in [0.2, 0.25) is 0 Å². The molecule has 23 heavy (non-hydrogen) atoms. The molecule has 1 aliphatic rings. The maximum atomic E-state index is 12.4. The predicted octanol–water partition coefficient (Wildman–Crippen LogP) is 4.07. The molecule has 0 atom stereocenters. The molecular weight excluding hydrogens is 286 g/mol. The van der Waals surface area contributed by atoms with E-state index in [-0.39, 0.29) is 5.91 Å². The maximum absolute atomic E-state index is 12.4. The highest BCUT2D eigenvalue weighted by Gasteiger charge is 2.18. The first-order chi connectivity index (χ1) is 11.1. The molecule has 3 rings (SSSR count). The number of pyridine rings is 1. The van der Waals surface area contributed by atoms with Crippen LogP contribution in [0.5, 0.6) is 0 Å². The van der Waals surface area contributed by atoms with Gasteiger partial charge in [0.05, 0.1) is 11.9 Å². The SMILES string of the molecule is Cc1cc(C)cc(Nc2ccc(C(=O)N3CCCCC3)nc2)c1. The van der Waals surface area contributed by atoms with Crippen LogP contribution in [0.15, 0.2) is 36.5 Å². The second-order valence-corrected chi connectivity index (χ2v) is 6.29. The van der Waals surface area contributed by atoms with E-state index < -0.39 is 0 Å². The zero-order valence-electron chi connectivity index (χ0n) is 13.8. The molecule has 1 aromatic heterocycles. The Morgan fingerprint density at radius 1 is 1.00 bits per heavy atom. The molecule has 2 aromatic rings. The number of rotatable bonds is 3. The van der Waals surface area contributed by atoms with Crippen molar-refractivity contribution in [1.82, 2.24) is 9.88 Å². The Morgan fingerprint density at radius 3 is 2.30 bits per heavy atom. The number of carbonyl (C=O) groups excluding carboxylic acids is 1. The first-order valence-corrected chi connectivity index (χ1v) is 8.22. The molecular formula is C19H23N3O. The van der Waals surface area contributed by atoms with Gasteiger partial charge < -0.3 is 10.2 Å². The Kier molecular flexibility index (Phi) is 4.60. The van der Waals surface area contributed by atoms with Crippen molar-refractivity contribution in [3.63, 3.8) is 0 Å². The fraction of sp³-hybridized carbons (Fsp3) is 0.368. The highest BCUT2D eigenvalue weighted by molar-refractivity contribution is 5.92. The minimum Gasteiger partial charge on any atom is -0.354 e.